The number of urea groups is 1. The summed E-state index contributed by atoms with van der Waals surface area (Å²) in [5.41, 5.74) is 0.390. The highest BCUT2D eigenvalue weighted by Crippen LogP contribution is 2.34. The molecule has 3 aromatic rings. The minimum absolute atomic E-state index is 0.169. The van der Waals surface area contributed by atoms with Crippen molar-refractivity contribution >= 4 is 23.4 Å². The average Bonchev–Trinajstić information content (AvgIpc) is 2.75. The summed E-state index contributed by atoms with van der Waals surface area (Å²) in [5, 5.41) is 5.82. The number of halogens is 4. The Balaban J connectivity index is 1.69. The molecule has 2 N–H and O–H groups in total. The van der Waals surface area contributed by atoms with E-state index in [1.165, 1.54) is 29.2 Å². The number of carbonyl (C=O) groups is 1. The molecule has 0 aliphatic carbocycles. The molecule has 0 spiro atoms. The van der Waals surface area contributed by atoms with Gasteiger partial charge >= 0.3 is 12.2 Å². The van der Waals surface area contributed by atoms with Crippen LogP contribution in [0.4, 0.5) is 39.7 Å². The maximum Gasteiger partial charge on any atom is 0.416 e. The van der Waals surface area contributed by atoms with Crippen LogP contribution in [0.1, 0.15) is 18.4 Å². The van der Waals surface area contributed by atoms with E-state index in [0.717, 1.165) is 24.8 Å². The van der Waals surface area contributed by atoms with Crippen LogP contribution in [0.3, 0.4) is 0 Å². The lowest BCUT2D eigenvalue weighted by atomic mass is 10.1. The molecule has 1 aliphatic rings. The summed E-state index contributed by atoms with van der Waals surface area (Å²) < 4.78 is 52.5. The molecule has 2 aromatic heterocycles. The Morgan fingerprint density at radius 2 is 1.94 bits per heavy atom. The maximum atomic E-state index is 13.1. The minimum atomic E-state index is -4.48. The Bertz CT molecular complexity index is 1120. The fourth-order valence-electron chi connectivity index (χ4n) is 3.36. The Kier molecular flexibility index (Phi) is 5.93. The van der Waals surface area contributed by atoms with E-state index in [1.54, 1.807) is 12.1 Å². The van der Waals surface area contributed by atoms with Gasteiger partial charge in [-0.15, -0.1) is 0 Å². The summed E-state index contributed by atoms with van der Waals surface area (Å²) in [4.78, 5) is 22.7. The molecule has 32 heavy (non-hydrogen) atoms. The highest BCUT2D eigenvalue weighted by atomic mass is 19.4. The quantitative estimate of drug-likeness (QED) is 0.508. The number of hydrogen-bond donors (Lipinski definition) is 2. The number of nitrogens with one attached hydrogen (secondary N) is 2. The predicted molar refractivity (Wildman–Crippen MR) is 113 cm³/mol. The molecule has 0 saturated carbocycles. The Hall–Kier alpha value is -3.69. The summed E-state index contributed by atoms with van der Waals surface area (Å²) in [6, 6.07) is 10.2. The van der Waals surface area contributed by atoms with Crippen molar-refractivity contribution in [3.8, 4) is 11.3 Å². The van der Waals surface area contributed by atoms with Crippen molar-refractivity contribution in [3.05, 3.63) is 66.1 Å². The molecule has 1 aliphatic heterocycles. The molecule has 0 unspecified atom stereocenters. The predicted octanol–water partition coefficient (Wildman–Crippen LogP) is 5.55. The van der Waals surface area contributed by atoms with Gasteiger partial charge in [-0.05, 0) is 49.2 Å². The number of amides is 2. The van der Waals surface area contributed by atoms with Gasteiger partial charge in [0.2, 0.25) is 0 Å². The number of nitrogens with zero attached hydrogens (tertiary/aromatic N) is 3. The smallest absolute Gasteiger partial charge is 0.382 e. The van der Waals surface area contributed by atoms with Crippen LogP contribution in [0.2, 0.25) is 0 Å². The molecule has 0 fully saturated rings. The van der Waals surface area contributed by atoms with Gasteiger partial charge in [0.05, 0.1) is 23.1 Å². The summed E-state index contributed by atoms with van der Waals surface area (Å²) in [6.07, 6.45) is -1.99. The fourth-order valence-corrected chi connectivity index (χ4v) is 3.36. The van der Waals surface area contributed by atoms with E-state index in [0.29, 0.717) is 36.7 Å². The van der Waals surface area contributed by atoms with E-state index >= 15 is 0 Å². The summed E-state index contributed by atoms with van der Waals surface area (Å²) in [5.74, 6) is -0.0718. The van der Waals surface area contributed by atoms with Crippen molar-refractivity contribution in [2.24, 2.45) is 0 Å². The molecule has 1 aromatic carbocycles. The van der Waals surface area contributed by atoms with Crippen molar-refractivity contribution < 1.29 is 22.4 Å². The summed E-state index contributed by atoms with van der Waals surface area (Å²) >= 11 is 0. The van der Waals surface area contributed by atoms with E-state index in [-0.39, 0.29) is 11.4 Å². The van der Waals surface area contributed by atoms with E-state index in [4.69, 9.17) is 0 Å². The second kappa shape index (κ2) is 8.81. The number of carbonyl (C=O) groups excluding carboxylic acids is 1. The molecular weight excluding hydrogens is 426 g/mol. The maximum absolute atomic E-state index is 13.1. The van der Waals surface area contributed by atoms with Crippen LogP contribution < -0.4 is 15.5 Å². The van der Waals surface area contributed by atoms with Crippen LogP contribution in [0.5, 0.6) is 0 Å². The van der Waals surface area contributed by atoms with Crippen LogP contribution in [0, 0.1) is 5.82 Å². The third kappa shape index (κ3) is 4.79. The van der Waals surface area contributed by atoms with Gasteiger partial charge in [0, 0.05) is 18.7 Å². The number of benzene rings is 1. The summed E-state index contributed by atoms with van der Waals surface area (Å²) in [6.45, 7) is 1.02. The van der Waals surface area contributed by atoms with Gasteiger partial charge in [-0.25, -0.2) is 19.2 Å². The fraction of sp³-hybridized carbons (Fsp3) is 0.227. The lowest BCUT2D eigenvalue weighted by Gasteiger charge is -2.27. The zero-order valence-electron chi connectivity index (χ0n) is 16.8. The molecule has 0 bridgehead atoms. The van der Waals surface area contributed by atoms with Gasteiger partial charge in [-0.3, -0.25) is 10.2 Å². The molecule has 0 radical (unpaired) electrons. The molecule has 2 amide bonds. The molecule has 3 heterocycles. The average molecular weight is 445 g/mol. The van der Waals surface area contributed by atoms with Gasteiger partial charge in [0.1, 0.15) is 11.6 Å². The SMILES string of the molecule is O=C(Nc1ccc(F)cn1)N1CCCCNc2ccc(-c3cccc(C(F)(F)F)c3)nc21. The highest BCUT2D eigenvalue weighted by Gasteiger charge is 2.31. The molecule has 166 valence electrons. The number of rotatable bonds is 2. The number of hydrogen-bond acceptors (Lipinski definition) is 4. The van der Waals surface area contributed by atoms with Crippen molar-refractivity contribution in [1.29, 1.82) is 0 Å². The van der Waals surface area contributed by atoms with Crippen LogP contribution >= 0.6 is 0 Å². The zero-order chi connectivity index (χ0) is 22.7. The monoisotopic (exact) mass is 445 g/mol. The molecule has 0 saturated heterocycles. The third-order valence-electron chi connectivity index (χ3n) is 4.95. The third-order valence-corrected chi connectivity index (χ3v) is 4.95. The van der Waals surface area contributed by atoms with Gasteiger partial charge in [-0.1, -0.05) is 12.1 Å². The van der Waals surface area contributed by atoms with E-state index < -0.39 is 23.6 Å². The topological polar surface area (TPSA) is 70.2 Å². The minimum Gasteiger partial charge on any atom is -0.382 e. The zero-order valence-corrected chi connectivity index (χ0v) is 16.8. The van der Waals surface area contributed by atoms with E-state index in [2.05, 4.69) is 20.6 Å². The van der Waals surface area contributed by atoms with E-state index in [9.17, 15) is 22.4 Å². The van der Waals surface area contributed by atoms with Crippen molar-refractivity contribution in [1.82, 2.24) is 9.97 Å². The molecular formula is C22H19F4N5O. The van der Waals surface area contributed by atoms with Crippen LogP contribution in [0.15, 0.2) is 54.7 Å². The Morgan fingerprint density at radius 1 is 1.09 bits per heavy atom. The first-order valence-electron chi connectivity index (χ1n) is 9.94. The molecule has 10 heteroatoms. The lowest BCUT2D eigenvalue weighted by Crippen LogP contribution is -2.38. The first-order chi connectivity index (χ1) is 15.3. The lowest BCUT2D eigenvalue weighted by molar-refractivity contribution is -0.137. The first kappa shape index (κ1) is 21.5. The van der Waals surface area contributed by atoms with Gasteiger partial charge in [0.25, 0.3) is 0 Å². The standard InChI is InChI=1S/C22H19F4N5O/c23-16-6-9-19(28-13-16)30-21(32)31-11-2-1-10-27-18-8-7-17(29-20(18)31)14-4-3-5-15(12-14)22(24,25)26/h3-9,12-13,27H,1-2,10-11H2,(H,28,30,32). The molecule has 0 atom stereocenters. The number of aromatic nitrogens is 2. The largest absolute Gasteiger partial charge is 0.416 e. The van der Waals surface area contributed by atoms with Crippen LogP contribution in [-0.2, 0) is 6.18 Å². The van der Waals surface area contributed by atoms with Gasteiger partial charge < -0.3 is 5.32 Å². The number of fused-ring (bicyclic) bond motifs is 1. The molecule has 4 rings (SSSR count). The highest BCUT2D eigenvalue weighted by molar-refractivity contribution is 6.02. The second-order valence-electron chi connectivity index (χ2n) is 7.22. The van der Waals surface area contributed by atoms with Gasteiger partial charge in [-0.2, -0.15) is 13.2 Å². The molecule has 6 nitrogen and oxygen atoms in total. The van der Waals surface area contributed by atoms with Crippen LogP contribution in [0.25, 0.3) is 11.3 Å². The Labute approximate surface area is 181 Å². The number of anilines is 3. The van der Waals surface area contributed by atoms with Crippen molar-refractivity contribution in [2.45, 2.75) is 19.0 Å². The Morgan fingerprint density at radius 3 is 2.69 bits per heavy atom. The first-order valence-corrected chi connectivity index (χ1v) is 9.94. The van der Waals surface area contributed by atoms with E-state index in [1.807, 2.05) is 0 Å². The number of alkyl halides is 3. The second-order valence-corrected chi connectivity index (χ2v) is 7.22. The van der Waals surface area contributed by atoms with Crippen molar-refractivity contribution in [2.75, 3.05) is 28.6 Å². The number of pyridine rings is 2. The van der Waals surface area contributed by atoms with Gasteiger partial charge in [0.15, 0.2) is 5.82 Å². The summed E-state index contributed by atoms with van der Waals surface area (Å²) in [7, 11) is 0. The van der Waals surface area contributed by atoms with Crippen molar-refractivity contribution in [3.63, 3.8) is 0 Å². The van der Waals surface area contributed by atoms with Crippen LogP contribution in [-0.4, -0.2) is 29.1 Å². The normalized spacial score (nSPS) is 14.1.